The Morgan fingerprint density at radius 3 is 1.28 bits per heavy atom. The zero-order chi connectivity index (χ0) is 42.7. The van der Waals surface area contributed by atoms with Crippen molar-refractivity contribution in [1.82, 2.24) is 54.9 Å². The molecule has 3 aromatic heterocycles. The molecule has 0 aliphatic carbocycles. The Balaban J connectivity index is 0.000000259. The van der Waals surface area contributed by atoms with Crippen LogP contribution >= 0.6 is 0 Å². The van der Waals surface area contributed by atoms with Crippen LogP contribution in [0.25, 0.3) is 17.1 Å². The molecule has 3 heterocycles. The molecule has 300 valence electrons. The van der Waals surface area contributed by atoms with Gasteiger partial charge in [0.1, 0.15) is 34.9 Å². The Morgan fingerprint density at radius 1 is 0.702 bits per heavy atom. The molecule has 0 saturated carbocycles. The molecule has 19 heteroatoms. The number of ether oxygens (including phenoxy) is 1. The smallest absolute Gasteiger partial charge is 0.269 e. The predicted molar refractivity (Wildman–Crippen MR) is 218 cm³/mol. The summed E-state index contributed by atoms with van der Waals surface area (Å²) >= 11 is 0. The van der Waals surface area contributed by atoms with Gasteiger partial charge in [0.15, 0.2) is 0 Å². The van der Waals surface area contributed by atoms with Crippen molar-refractivity contribution in [3.8, 4) is 17.1 Å². The molecule has 3 aromatic carbocycles. The van der Waals surface area contributed by atoms with Crippen LogP contribution in [0.1, 0.15) is 54.4 Å². The number of hydrogen-bond acceptors (Lipinski definition) is 13. The maximum absolute atomic E-state index is 10.5. The number of nitrogens with zero attached hydrogens (tertiary/aromatic N) is 10. The highest BCUT2D eigenvalue weighted by Gasteiger charge is 2.09. The summed E-state index contributed by atoms with van der Waals surface area (Å²) in [5.41, 5.74) is 10.3. The van der Waals surface area contributed by atoms with E-state index >= 15 is 0 Å². The summed E-state index contributed by atoms with van der Waals surface area (Å²) in [5.74, 6) is 4.15. The molecule has 0 unspecified atom stereocenters. The number of carbonyl (C=O) groups excluding carboxylic acids is 2. The Morgan fingerprint density at radius 2 is 1.05 bits per heavy atom. The first-order valence-electron chi connectivity index (χ1n) is 17.5. The number of aromatic nitrogens is 9. The second kappa shape index (κ2) is 23.4. The highest BCUT2D eigenvalue weighted by Crippen LogP contribution is 2.16. The second-order valence-electron chi connectivity index (χ2n) is 12.1. The van der Waals surface area contributed by atoms with Gasteiger partial charge in [0.25, 0.3) is 5.69 Å². The van der Waals surface area contributed by atoms with E-state index in [0.717, 1.165) is 57.4 Å². The van der Waals surface area contributed by atoms with Crippen LogP contribution in [0, 0.1) is 51.7 Å². The molecule has 0 saturated heterocycles. The van der Waals surface area contributed by atoms with Gasteiger partial charge in [-0.3, -0.25) is 30.3 Å². The number of nitro benzene ring substituents is 1. The van der Waals surface area contributed by atoms with Gasteiger partial charge in [-0.15, -0.1) is 0 Å². The first-order valence-corrected chi connectivity index (χ1v) is 17.5. The van der Waals surface area contributed by atoms with Crippen LogP contribution in [0.3, 0.4) is 0 Å². The molecular weight excluding hydrogens is 729 g/mol. The quantitative estimate of drug-likeness (QED) is 0.0676. The van der Waals surface area contributed by atoms with Crippen molar-refractivity contribution in [3.63, 3.8) is 0 Å². The fourth-order valence-electron chi connectivity index (χ4n) is 4.79. The van der Waals surface area contributed by atoms with E-state index in [1.54, 1.807) is 35.5 Å². The minimum absolute atomic E-state index is 0.0678. The van der Waals surface area contributed by atoms with Crippen LogP contribution in [-0.4, -0.2) is 89.8 Å². The molecule has 0 atom stereocenters. The average molecular weight is 780 g/mol. The Kier molecular flexibility index (Phi) is 19.1. The second-order valence-corrected chi connectivity index (χ2v) is 12.1. The van der Waals surface area contributed by atoms with Gasteiger partial charge >= 0.3 is 0 Å². The van der Waals surface area contributed by atoms with E-state index in [1.807, 2.05) is 100 Å². The van der Waals surface area contributed by atoms with Gasteiger partial charge in [0, 0.05) is 38.8 Å². The highest BCUT2D eigenvalue weighted by molar-refractivity contribution is 6.08. The van der Waals surface area contributed by atoms with Gasteiger partial charge in [-0.2, -0.15) is 15.3 Å². The first kappa shape index (κ1) is 46.6. The average Bonchev–Trinajstić information content (AvgIpc) is 3.81. The Bertz CT molecular complexity index is 2150. The SMILES string of the molecule is CC(=O)NC(C)=O.CNCOC.Cc1nc(C)n(-c2ccc(N)cc2)n1.Cc1nc(C)n(-c2ccc([N+](=O)[O-])cc2)n1.[B]Cc1ccc(-n2nc(C)nc2C)cc1. The molecule has 0 spiro atoms. The predicted octanol–water partition coefficient (Wildman–Crippen LogP) is 4.29. The molecule has 4 N–H and O–H groups in total. The number of nitro groups is 1. The van der Waals surface area contributed by atoms with Crippen molar-refractivity contribution in [1.29, 1.82) is 0 Å². The van der Waals surface area contributed by atoms with Gasteiger partial charge < -0.3 is 10.5 Å². The maximum atomic E-state index is 10.5. The minimum Gasteiger partial charge on any atom is -0.399 e. The lowest BCUT2D eigenvalue weighted by atomic mass is 9.97. The summed E-state index contributed by atoms with van der Waals surface area (Å²) in [5, 5.41) is 28.1. The van der Waals surface area contributed by atoms with E-state index < -0.39 is 4.92 Å². The number of aryl methyl sites for hydroxylation is 6. The molecule has 0 aliphatic rings. The van der Waals surface area contributed by atoms with Crippen LogP contribution in [0.15, 0.2) is 72.8 Å². The molecule has 2 radical (unpaired) electrons. The van der Waals surface area contributed by atoms with Crippen molar-refractivity contribution in [2.75, 3.05) is 26.6 Å². The van der Waals surface area contributed by atoms with Gasteiger partial charge in [0.2, 0.25) is 11.8 Å². The molecule has 0 fully saturated rings. The van der Waals surface area contributed by atoms with Crippen molar-refractivity contribution in [3.05, 3.63) is 123 Å². The van der Waals surface area contributed by atoms with Gasteiger partial charge in [-0.05, 0) is 97.1 Å². The van der Waals surface area contributed by atoms with Crippen molar-refractivity contribution in [2.24, 2.45) is 0 Å². The standard InChI is InChI=1S/C11H12BN3.C10H10N4O2.C10H12N4.C4H7NO2.C3H9NO/c1-8-13-9(2)15(14-8)11-5-3-10(7-12)4-6-11;1-7-11-8(2)13(12-7)9-3-5-10(6-4-9)14(15)16;1-7-12-8(2)14(13-7)10-5-3-9(11)4-6-10;1-3(6)5-4(2)7;1-4-3-5-2/h3-6H,7H2,1-2H3;3-6H,1-2H3;3-6H,11H2,1-2H3;1-2H3,(H,5,6,7);4H,3H2,1-2H3. The van der Waals surface area contributed by atoms with E-state index in [-0.39, 0.29) is 17.5 Å². The molecule has 6 aromatic rings. The Hall–Kier alpha value is -6.60. The number of non-ortho nitro benzene ring substituents is 1. The molecule has 0 aliphatic heterocycles. The summed E-state index contributed by atoms with van der Waals surface area (Å²) < 4.78 is 9.86. The fourth-order valence-corrected chi connectivity index (χ4v) is 4.79. The zero-order valence-corrected chi connectivity index (χ0v) is 34.0. The largest absolute Gasteiger partial charge is 0.399 e. The lowest BCUT2D eigenvalue weighted by Gasteiger charge is -2.03. The van der Waals surface area contributed by atoms with E-state index in [0.29, 0.717) is 18.9 Å². The van der Waals surface area contributed by atoms with E-state index in [4.69, 9.17) is 13.6 Å². The number of methoxy groups -OCH3 is 1. The van der Waals surface area contributed by atoms with Crippen molar-refractivity contribution in [2.45, 2.75) is 61.7 Å². The third kappa shape index (κ3) is 16.0. The molecule has 0 bridgehead atoms. The molecule has 6 rings (SSSR count). The van der Waals surface area contributed by atoms with Crippen LogP contribution in [0.4, 0.5) is 11.4 Å². The molecule has 2 amide bonds. The van der Waals surface area contributed by atoms with Crippen LogP contribution in [0.2, 0.25) is 0 Å². The summed E-state index contributed by atoms with van der Waals surface area (Å²) in [6, 6.07) is 21.8. The highest BCUT2D eigenvalue weighted by atomic mass is 16.6. The van der Waals surface area contributed by atoms with Gasteiger partial charge in [-0.25, -0.2) is 29.0 Å². The summed E-state index contributed by atoms with van der Waals surface area (Å²) in [6.45, 7) is 14.5. The van der Waals surface area contributed by atoms with E-state index in [9.17, 15) is 19.7 Å². The fraction of sp³-hybridized carbons (Fsp3) is 0.316. The molecule has 57 heavy (non-hydrogen) atoms. The monoisotopic (exact) mass is 779 g/mol. The van der Waals surface area contributed by atoms with Crippen LogP contribution < -0.4 is 16.4 Å². The number of hydrogen-bond donors (Lipinski definition) is 3. The minimum atomic E-state index is -0.427. The number of carbonyl (C=O) groups is 2. The van der Waals surface area contributed by atoms with Gasteiger partial charge in [0.05, 0.1) is 36.6 Å². The molecular formula is C38H50BN13O5. The number of anilines is 1. The van der Waals surface area contributed by atoms with Crippen LogP contribution in [0.5, 0.6) is 0 Å². The number of rotatable bonds is 7. The third-order valence-corrected chi connectivity index (χ3v) is 7.12. The van der Waals surface area contributed by atoms with Crippen molar-refractivity contribution < 1.29 is 19.2 Å². The van der Waals surface area contributed by atoms with E-state index in [1.165, 1.54) is 26.0 Å². The Labute approximate surface area is 333 Å². The topological polar surface area (TPSA) is 229 Å². The lowest BCUT2D eigenvalue weighted by Crippen LogP contribution is -2.24. The first-order chi connectivity index (χ1) is 27.0. The number of nitrogens with two attached hydrogens (primary N) is 1. The summed E-state index contributed by atoms with van der Waals surface area (Å²) in [7, 11) is 9.02. The van der Waals surface area contributed by atoms with E-state index in [2.05, 4.69) is 40.3 Å². The number of imide groups is 1. The van der Waals surface area contributed by atoms with Gasteiger partial charge in [-0.1, -0.05) is 24.0 Å². The van der Waals surface area contributed by atoms with Crippen molar-refractivity contribution >= 4 is 31.0 Å². The summed E-state index contributed by atoms with van der Waals surface area (Å²) in [6.07, 6.45) is 0.565. The summed E-state index contributed by atoms with van der Waals surface area (Å²) in [4.78, 5) is 42.6. The number of nitrogens with one attached hydrogen (secondary N) is 2. The third-order valence-electron chi connectivity index (χ3n) is 7.12. The normalized spacial score (nSPS) is 9.93. The molecule has 18 nitrogen and oxygen atoms in total. The number of benzene rings is 3. The number of nitrogen functional groups attached to an aromatic ring is 1. The lowest BCUT2D eigenvalue weighted by molar-refractivity contribution is -0.384. The maximum Gasteiger partial charge on any atom is 0.269 e. The zero-order valence-electron chi connectivity index (χ0n) is 34.0. The number of amides is 2. The van der Waals surface area contributed by atoms with Crippen LogP contribution in [-0.2, 0) is 20.6 Å².